The molecule has 6 nitrogen and oxygen atoms in total. The number of methoxy groups -OCH3 is 1. The van der Waals surface area contributed by atoms with Crippen molar-refractivity contribution in [3.63, 3.8) is 0 Å². The molecule has 2 aliphatic heterocycles. The highest BCUT2D eigenvalue weighted by atomic mass is 16.6. The van der Waals surface area contributed by atoms with Gasteiger partial charge in [0.05, 0.1) is 12.8 Å². The minimum absolute atomic E-state index is 0.0721. The molecular formula is C25H30N2O4. The molecule has 2 heterocycles. The Morgan fingerprint density at radius 3 is 2.68 bits per heavy atom. The van der Waals surface area contributed by atoms with Gasteiger partial charge in [-0.2, -0.15) is 0 Å². The van der Waals surface area contributed by atoms with E-state index in [0.29, 0.717) is 13.2 Å². The van der Waals surface area contributed by atoms with Crippen LogP contribution in [0.1, 0.15) is 31.2 Å². The van der Waals surface area contributed by atoms with Crippen LogP contribution >= 0.6 is 0 Å². The number of fused-ring (bicyclic) bond motifs is 1. The molecule has 0 unspecified atom stereocenters. The van der Waals surface area contributed by atoms with Gasteiger partial charge in [0.2, 0.25) is 5.91 Å². The molecule has 164 valence electrons. The second-order valence-corrected chi connectivity index (χ2v) is 8.68. The number of rotatable bonds is 4. The van der Waals surface area contributed by atoms with Crippen molar-refractivity contribution in [3.8, 4) is 17.2 Å². The zero-order chi connectivity index (χ0) is 21.4. The Morgan fingerprint density at radius 1 is 1.03 bits per heavy atom. The number of para-hydroxylation sites is 2. The summed E-state index contributed by atoms with van der Waals surface area (Å²) >= 11 is 0. The summed E-state index contributed by atoms with van der Waals surface area (Å²) in [7, 11) is 1.71. The minimum Gasteiger partial charge on any atom is -0.495 e. The molecular weight excluding hydrogens is 392 g/mol. The monoisotopic (exact) mass is 422 g/mol. The van der Waals surface area contributed by atoms with Crippen molar-refractivity contribution in [3.05, 3.63) is 48.0 Å². The molecule has 1 aliphatic carbocycles. The van der Waals surface area contributed by atoms with Gasteiger partial charge in [-0.25, -0.2) is 0 Å². The van der Waals surface area contributed by atoms with Crippen molar-refractivity contribution in [2.75, 3.05) is 44.9 Å². The molecule has 0 aromatic heterocycles. The van der Waals surface area contributed by atoms with Gasteiger partial charge in [-0.05, 0) is 55.5 Å². The molecule has 31 heavy (non-hydrogen) atoms. The fraction of sp³-hybridized carbons (Fsp3) is 0.480. The van der Waals surface area contributed by atoms with Crippen molar-refractivity contribution < 1.29 is 19.0 Å². The van der Waals surface area contributed by atoms with Crippen LogP contribution in [0.5, 0.6) is 17.2 Å². The normalized spacial score (nSPS) is 25.0. The van der Waals surface area contributed by atoms with Crippen LogP contribution in [-0.2, 0) is 4.79 Å². The Hall–Kier alpha value is -2.89. The Morgan fingerprint density at radius 2 is 1.84 bits per heavy atom. The first kappa shape index (κ1) is 20.0. The molecule has 2 aromatic rings. The topological polar surface area (TPSA) is 51.2 Å². The van der Waals surface area contributed by atoms with Gasteiger partial charge in [-0.15, -0.1) is 0 Å². The molecule has 1 amide bonds. The molecule has 0 spiro atoms. The Labute approximate surface area is 183 Å². The lowest BCUT2D eigenvalue weighted by molar-refractivity contribution is -0.134. The molecule has 2 aromatic carbocycles. The summed E-state index contributed by atoms with van der Waals surface area (Å²) in [5.74, 6) is 3.13. The number of hydrogen-bond donors (Lipinski definition) is 0. The maximum Gasteiger partial charge on any atom is 0.226 e. The van der Waals surface area contributed by atoms with Crippen molar-refractivity contribution in [2.24, 2.45) is 5.92 Å². The van der Waals surface area contributed by atoms with Crippen molar-refractivity contribution in [2.45, 2.75) is 31.7 Å². The first-order valence-corrected chi connectivity index (χ1v) is 11.2. The Balaban J connectivity index is 1.26. The minimum atomic E-state index is 0.0721. The van der Waals surface area contributed by atoms with Gasteiger partial charge in [0.1, 0.15) is 19.0 Å². The largest absolute Gasteiger partial charge is 0.495 e. The van der Waals surface area contributed by atoms with E-state index >= 15 is 0 Å². The van der Waals surface area contributed by atoms with Crippen LogP contribution in [0.15, 0.2) is 42.5 Å². The van der Waals surface area contributed by atoms with E-state index in [2.05, 4.69) is 34.9 Å². The van der Waals surface area contributed by atoms with E-state index in [4.69, 9.17) is 14.2 Å². The molecule has 1 saturated heterocycles. The molecule has 0 N–H and O–H groups in total. The highest BCUT2D eigenvalue weighted by molar-refractivity contribution is 5.83. The zero-order valence-electron chi connectivity index (χ0n) is 18.3. The number of ether oxygens (including phenoxy) is 3. The maximum absolute atomic E-state index is 13.4. The van der Waals surface area contributed by atoms with Crippen LogP contribution in [-0.4, -0.2) is 56.8 Å². The SMILES string of the molecule is COc1ccccc1N1CC[C@H](C)N(C(=O)[C@H]2C[C@H]2c2ccc3c(c2)OCCO3)CC1. The van der Waals surface area contributed by atoms with Crippen molar-refractivity contribution in [1.82, 2.24) is 4.90 Å². The molecule has 2 fully saturated rings. The van der Waals surface area contributed by atoms with Crippen LogP contribution in [0.3, 0.4) is 0 Å². The van der Waals surface area contributed by atoms with E-state index in [1.165, 1.54) is 5.56 Å². The fourth-order valence-electron chi connectivity index (χ4n) is 4.86. The Kier molecular flexibility index (Phi) is 5.38. The van der Waals surface area contributed by atoms with Gasteiger partial charge < -0.3 is 24.0 Å². The number of carbonyl (C=O) groups is 1. The number of anilines is 1. The van der Waals surface area contributed by atoms with E-state index in [9.17, 15) is 4.79 Å². The van der Waals surface area contributed by atoms with E-state index in [0.717, 1.165) is 55.4 Å². The van der Waals surface area contributed by atoms with Gasteiger partial charge in [-0.1, -0.05) is 18.2 Å². The standard InChI is InChI=1S/C25H30N2O4/c1-17-9-10-26(21-5-3-4-6-22(21)29-2)11-12-27(17)25(28)20-16-19(20)18-7-8-23-24(15-18)31-14-13-30-23/h3-8,15,17,19-20H,9-14,16H2,1-2H3/t17-,19-,20-/m0/s1. The lowest BCUT2D eigenvalue weighted by Gasteiger charge is -2.27. The Bertz CT molecular complexity index is 962. The van der Waals surface area contributed by atoms with Crippen molar-refractivity contribution >= 4 is 11.6 Å². The summed E-state index contributed by atoms with van der Waals surface area (Å²) in [6, 6.07) is 14.5. The predicted octanol–water partition coefficient (Wildman–Crippen LogP) is 3.70. The molecule has 6 heteroatoms. The quantitative estimate of drug-likeness (QED) is 0.752. The lowest BCUT2D eigenvalue weighted by Crippen LogP contribution is -2.41. The highest BCUT2D eigenvalue weighted by Crippen LogP contribution is 2.50. The first-order valence-electron chi connectivity index (χ1n) is 11.2. The molecule has 5 rings (SSSR count). The lowest BCUT2D eigenvalue weighted by atomic mass is 10.1. The van der Waals surface area contributed by atoms with Gasteiger partial charge in [0, 0.05) is 31.6 Å². The predicted molar refractivity (Wildman–Crippen MR) is 119 cm³/mol. The molecule has 1 saturated carbocycles. The number of nitrogens with zero attached hydrogens (tertiary/aromatic N) is 2. The van der Waals surface area contributed by atoms with E-state index in [1.54, 1.807) is 7.11 Å². The second-order valence-electron chi connectivity index (χ2n) is 8.68. The number of carbonyl (C=O) groups excluding carboxylic acids is 1. The summed E-state index contributed by atoms with van der Waals surface area (Å²) in [5, 5.41) is 0. The van der Waals surface area contributed by atoms with Gasteiger partial charge in [-0.3, -0.25) is 4.79 Å². The number of amides is 1. The third-order valence-corrected chi connectivity index (χ3v) is 6.77. The average molecular weight is 423 g/mol. The summed E-state index contributed by atoms with van der Waals surface area (Å²) in [4.78, 5) is 17.8. The molecule has 0 bridgehead atoms. The van der Waals surface area contributed by atoms with Crippen LogP contribution < -0.4 is 19.1 Å². The maximum atomic E-state index is 13.4. The summed E-state index contributed by atoms with van der Waals surface area (Å²) in [6.07, 6.45) is 1.86. The highest BCUT2D eigenvalue weighted by Gasteiger charge is 2.47. The fourth-order valence-corrected chi connectivity index (χ4v) is 4.86. The van der Waals surface area contributed by atoms with Gasteiger partial charge in [0.25, 0.3) is 0 Å². The number of hydrogen-bond acceptors (Lipinski definition) is 5. The molecule has 3 aliphatic rings. The van der Waals surface area contributed by atoms with Gasteiger partial charge in [0.15, 0.2) is 11.5 Å². The van der Waals surface area contributed by atoms with E-state index in [1.807, 2.05) is 24.3 Å². The first-order chi connectivity index (χ1) is 15.2. The summed E-state index contributed by atoms with van der Waals surface area (Å²) < 4.78 is 16.9. The third kappa shape index (κ3) is 3.91. The molecule has 0 radical (unpaired) electrons. The smallest absolute Gasteiger partial charge is 0.226 e. The zero-order valence-corrected chi connectivity index (χ0v) is 18.3. The van der Waals surface area contributed by atoms with E-state index < -0.39 is 0 Å². The van der Waals surface area contributed by atoms with Crippen LogP contribution in [0.25, 0.3) is 0 Å². The van der Waals surface area contributed by atoms with Crippen molar-refractivity contribution in [1.29, 1.82) is 0 Å². The summed E-state index contributed by atoms with van der Waals surface area (Å²) in [5.41, 5.74) is 2.28. The number of benzene rings is 2. The van der Waals surface area contributed by atoms with Crippen LogP contribution in [0, 0.1) is 5.92 Å². The van der Waals surface area contributed by atoms with E-state index in [-0.39, 0.29) is 23.8 Å². The second kappa shape index (κ2) is 8.33. The molecule has 3 atom stereocenters. The average Bonchev–Trinajstić information content (AvgIpc) is 3.63. The summed E-state index contributed by atoms with van der Waals surface area (Å²) in [6.45, 7) is 5.82. The third-order valence-electron chi connectivity index (χ3n) is 6.77. The van der Waals surface area contributed by atoms with Crippen LogP contribution in [0.4, 0.5) is 5.69 Å². The van der Waals surface area contributed by atoms with Crippen LogP contribution in [0.2, 0.25) is 0 Å². The van der Waals surface area contributed by atoms with Gasteiger partial charge >= 0.3 is 0 Å².